The Morgan fingerprint density at radius 1 is 1.35 bits per heavy atom. The fourth-order valence-electron chi connectivity index (χ4n) is 1.37. The molecule has 0 saturated heterocycles. The number of hydrogen-bond donors (Lipinski definition) is 2. The molecule has 0 aliphatic rings. The maximum absolute atomic E-state index is 11.3. The Morgan fingerprint density at radius 2 is 2.00 bits per heavy atom. The van der Waals surface area contributed by atoms with E-state index in [9.17, 15) is 4.79 Å². The Balaban J connectivity index is 3.91. The molecule has 0 spiro atoms. The first kappa shape index (κ1) is 16.3. The van der Waals surface area contributed by atoms with Gasteiger partial charge >= 0.3 is 0 Å². The molecule has 0 aromatic heterocycles. The number of hydrogen-bond acceptors (Lipinski definition) is 4. The van der Waals surface area contributed by atoms with E-state index < -0.39 is 0 Å². The van der Waals surface area contributed by atoms with Crippen LogP contribution in [0.25, 0.3) is 0 Å². The van der Waals surface area contributed by atoms with Crippen LogP contribution in [0.3, 0.4) is 0 Å². The molecule has 5 nitrogen and oxygen atoms in total. The molecule has 0 atom stereocenters. The number of carbonyl (C=O) groups excluding carboxylic acids is 1. The fraction of sp³-hybridized carbons (Fsp3) is 0.818. The van der Waals surface area contributed by atoms with Crippen LogP contribution in [0.4, 0.5) is 0 Å². The summed E-state index contributed by atoms with van der Waals surface area (Å²) in [6.07, 6.45) is 1.17. The molecule has 0 saturated carbocycles. The second kappa shape index (κ2) is 10.4. The number of thiocarbonyl (C=S) groups is 1. The van der Waals surface area contributed by atoms with E-state index in [0.717, 1.165) is 13.1 Å². The minimum Gasteiger partial charge on any atom is -0.393 e. The van der Waals surface area contributed by atoms with Gasteiger partial charge in [0.05, 0.1) is 11.6 Å². The zero-order valence-corrected chi connectivity index (χ0v) is 11.5. The van der Waals surface area contributed by atoms with Crippen molar-refractivity contribution in [3.8, 4) is 0 Å². The molecule has 0 bridgehead atoms. The van der Waals surface area contributed by atoms with E-state index >= 15 is 0 Å². The van der Waals surface area contributed by atoms with E-state index in [-0.39, 0.29) is 5.91 Å². The topological polar surface area (TPSA) is 67.6 Å². The molecule has 0 rings (SSSR count). The van der Waals surface area contributed by atoms with E-state index in [1.54, 1.807) is 7.11 Å². The van der Waals surface area contributed by atoms with Crippen molar-refractivity contribution in [2.75, 3.05) is 39.9 Å². The summed E-state index contributed by atoms with van der Waals surface area (Å²) in [4.78, 5) is 14.0. The summed E-state index contributed by atoms with van der Waals surface area (Å²) >= 11 is 4.84. The van der Waals surface area contributed by atoms with Gasteiger partial charge in [0, 0.05) is 46.1 Å². The number of ether oxygens (including phenoxy) is 1. The molecule has 0 aliphatic carbocycles. The number of amides is 1. The van der Waals surface area contributed by atoms with Crippen molar-refractivity contribution < 1.29 is 9.53 Å². The highest BCUT2D eigenvalue weighted by molar-refractivity contribution is 7.80. The largest absolute Gasteiger partial charge is 0.393 e. The van der Waals surface area contributed by atoms with E-state index in [0.29, 0.717) is 37.5 Å². The van der Waals surface area contributed by atoms with E-state index in [1.807, 2.05) is 6.92 Å². The minimum absolute atomic E-state index is 0.0743. The van der Waals surface area contributed by atoms with E-state index in [1.165, 1.54) is 0 Å². The van der Waals surface area contributed by atoms with Gasteiger partial charge < -0.3 is 20.7 Å². The lowest BCUT2D eigenvalue weighted by Gasteiger charge is -2.21. The third-order valence-corrected chi connectivity index (χ3v) is 2.52. The summed E-state index contributed by atoms with van der Waals surface area (Å²) in [5.41, 5.74) is 5.47. The molecule has 0 aromatic carbocycles. The van der Waals surface area contributed by atoms with Crippen molar-refractivity contribution in [3.63, 3.8) is 0 Å². The first-order valence-electron chi connectivity index (χ1n) is 5.86. The molecule has 0 unspecified atom stereocenters. The third-order valence-electron chi connectivity index (χ3n) is 2.32. The van der Waals surface area contributed by atoms with Crippen LogP contribution in [0.15, 0.2) is 0 Å². The summed E-state index contributed by atoms with van der Waals surface area (Å²) < 4.78 is 5.03. The number of methoxy groups -OCH3 is 1. The predicted octanol–water partition coefficient (Wildman–Crippen LogP) is 0.137. The lowest BCUT2D eigenvalue weighted by Crippen LogP contribution is -2.34. The van der Waals surface area contributed by atoms with Gasteiger partial charge in [0.2, 0.25) is 5.91 Å². The normalized spacial score (nSPS) is 10.5. The smallest absolute Gasteiger partial charge is 0.221 e. The van der Waals surface area contributed by atoms with Gasteiger partial charge in [-0.15, -0.1) is 0 Å². The van der Waals surface area contributed by atoms with E-state index in [2.05, 4.69) is 10.2 Å². The standard InChI is InChI=1S/C11H23N3O2S/c1-3-13-11(15)5-7-14(8-9-16-2)6-4-10(12)17/h3-9H2,1-2H3,(H2,12,17)(H,13,15). The van der Waals surface area contributed by atoms with Crippen molar-refractivity contribution in [3.05, 3.63) is 0 Å². The van der Waals surface area contributed by atoms with Gasteiger partial charge in [-0.05, 0) is 6.92 Å². The van der Waals surface area contributed by atoms with Crippen LogP contribution in [0.2, 0.25) is 0 Å². The Labute approximate surface area is 109 Å². The first-order chi connectivity index (χ1) is 8.10. The molecule has 0 aromatic rings. The molecule has 3 N–H and O–H groups in total. The number of nitrogens with two attached hydrogens (primary N) is 1. The second-order valence-electron chi connectivity index (χ2n) is 3.75. The van der Waals surface area contributed by atoms with Crippen molar-refractivity contribution >= 4 is 23.1 Å². The maximum Gasteiger partial charge on any atom is 0.221 e. The zero-order chi connectivity index (χ0) is 13.1. The van der Waals surface area contributed by atoms with Crippen LogP contribution in [0.5, 0.6) is 0 Å². The summed E-state index contributed by atoms with van der Waals surface area (Å²) in [6.45, 7) is 5.50. The number of nitrogens with one attached hydrogen (secondary N) is 1. The van der Waals surface area contributed by atoms with Crippen LogP contribution < -0.4 is 11.1 Å². The molecule has 100 valence electrons. The van der Waals surface area contributed by atoms with Crippen molar-refractivity contribution in [2.45, 2.75) is 19.8 Å². The zero-order valence-electron chi connectivity index (χ0n) is 10.7. The number of nitrogens with zero attached hydrogens (tertiary/aromatic N) is 1. The molecular weight excluding hydrogens is 238 g/mol. The summed E-state index contributed by atoms with van der Waals surface area (Å²) in [7, 11) is 1.66. The monoisotopic (exact) mass is 261 g/mol. The molecule has 17 heavy (non-hydrogen) atoms. The summed E-state index contributed by atoms with van der Waals surface area (Å²) in [6, 6.07) is 0. The molecule has 0 radical (unpaired) electrons. The van der Waals surface area contributed by atoms with Gasteiger partial charge in [-0.25, -0.2) is 0 Å². The van der Waals surface area contributed by atoms with E-state index in [4.69, 9.17) is 22.7 Å². The SMILES string of the molecule is CCNC(=O)CCN(CCOC)CCC(N)=S. The lowest BCUT2D eigenvalue weighted by atomic mass is 10.3. The summed E-state index contributed by atoms with van der Waals surface area (Å²) in [5, 5.41) is 2.77. The minimum atomic E-state index is 0.0743. The quantitative estimate of drug-likeness (QED) is 0.547. The van der Waals surface area contributed by atoms with Gasteiger partial charge in [0.15, 0.2) is 0 Å². The fourth-order valence-corrected chi connectivity index (χ4v) is 1.46. The Morgan fingerprint density at radius 3 is 2.53 bits per heavy atom. The molecular formula is C11H23N3O2S. The number of rotatable bonds is 10. The first-order valence-corrected chi connectivity index (χ1v) is 6.27. The van der Waals surface area contributed by atoms with Crippen LogP contribution in [-0.2, 0) is 9.53 Å². The Hall–Kier alpha value is -0.720. The molecule has 0 aliphatic heterocycles. The van der Waals surface area contributed by atoms with Crippen LogP contribution in [0.1, 0.15) is 19.8 Å². The Bertz CT molecular complexity index is 237. The molecule has 0 heterocycles. The molecule has 0 fully saturated rings. The van der Waals surface area contributed by atoms with Crippen molar-refractivity contribution in [1.82, 2.24) is 10.2 Å². The van der Waals surface area contributed by atoms with Crippen LogP contribution >= 0.6 is 12.2 Å². The van der Waals surface area contributed by atoms with Crippen molar-refractivity contribution in [2.24, 2.45) is 5.73 Å². The highest BCUT2D eigenvalue weighted by Crippen LogP contribution is 1.95. The van der Waals surface area contributed by atoms with Gasteiger partial charge in [-0.3, -0.25) is 4.79 Å². The van der Waals surface area contributed by atoms with Crippen LogP contribution in [-0.4, -0.2) is 55.7 Å². The average Bonchev–Trinajstić information content (AvgIpc) is 2.28. The molecule has 6 heteroatoms. The lowest BCUT2D eigenvalue weighted by molar-refractivity contribution is -0.121. The summed E-state index contributed by atoms with van der Waals surface area (Å²) in [5.74, 6) is 0.0743. The molecule has 1 amide bonds. The highest BCUT2D eigenvalue weighted by atomic mass is 32.1. The number of carbonyl (C=O) groups is 1. The third kappa shape index (κ3) is 10.2. The van der Waals surface area contributed by atoms with Crippen LogP contribution in [0, 0.1) is 0 Å². The Kier molecular flexibility index (Phi) is 9.99. The second-order valence-corrected chi connectivity index (χ2v) is 4.28. The van der Waals surface area contributed by atoms with Gasteiger partial charge in [-0.2, -0.15) is 0 Å². The van der Waals surface area contributed by atoms with Crippen molar-refractivity contribution in [1.29, 1.82) is 0 Å². The maximum atomic E-state index is 11.3. The van der Waals surface area contributed by atoms with Gasteiger partial charge in [-0.1, -0.05) is 12.2 Å². The average molecular weight is 261 g/mol. The predicted molar refractivity (Wildman–Crippen MR) is 73.0 cm³/mol. The van der Waals surface area contributed by atoms with Gasteiger partial charge in [0.1, 0.15) is 0 Å². The van der Waals surface area contributed by atoms with Gasteiger partial charge in [0.25, 0.3) is 0 Å². The highest BCUT2D eigenvalue weighted by Gasteiger charge is 2.08.